The summed E-state index contributed by atoms with van der Waals surface area (Å²) in [7, 11) is -2.02. The summed E-state index contributed by atoms with van der Waals surface area (Å²) < 4.78 is 24.8. The highest BCUT2D eigenvalue weighted by atomic mass is 32.2. The Morgan fingerprint density at radius 3 is 2.62 bits per heavy atom. The van der Waals surface area contributed by atoms with Gasteiger partial charge in [0.1, 0.15) is 5.82 Å². The number of anilines is 1. The van der Waals surface area contributed by atoms with Gasteiger partial charge in [-0.3, -0.25) is 4.79 Å². The number of amides is 1. The molecule has 7 nitrogen and oxygen atoms in total. The normalized spacial score (nSPS) is 11.5. The van der Waals surface area contributed by atoms with Crippen LogP contribution in [0, 0.1) is 0 Å². The van der Waals surface area contributed by atoms with Gasteiger partial charge in [0.2, 0.25) is 10.0 Å². The number of aromatic nitrogens is 1. The number of hydrogen-bond acceptors (Lipinski definition) is 5. The zero-order chi connectivity index (χ0) is 15.5. The number of rotatable bonds is 5. The Balaban J connectivity index is 2.19. The highest BCUT2D eigenvalue weighted by Gasteiger charge is 2.13. The molecule has 0 atom stereocenters. The van der Waals surface area contributed by atoms with E-state index in [-0.39, 0.29) is 18.2 Å². The van der Waals surface area contributed by atoms with Crippen molar-refractivity contribution in [2.75, 3.05) is 25.1 Å². The predicted molar refractivity (Wildman–Crippen MR) is 81.3 cm³/mol. The maximum atomic E-state index is 12.1. The zero-order valence-corrected chi connectivity index (χ0v) is 12.3. The molecular formula is C13H16N4O3S. The first-order valence-corrected chi connectivity index (χ1v) is 7.92. The van der Waals surface area contributed by atoms with Crippen molar-refractivity contribution in [3.8, 4) is 0 Å². The molecule has 0 fully saturated rings. The van der Waals surface area contributed by atoms with Crippen LogP contribution in [0.1, 0.15) is 10.4 Å². The Bertz CT molecular complexity index is 774. The summed E-state index contributed by atoms with van der Waals surface area (Å²) in [5, 5.41) is 3.93. The van der Waals surface area contributed by atoms with Gasteiger partial charge in [-0.25, -0.2) is 18.1 Å². The second-order valence-electron chi connectivity index (χ2n) is 4.38. The monoisotopic (exact) mass is 308 g/mol. The standard InChI is InChI=1S/C13H16N4O3S/c1-15-21(19,20)7-6-16-13(18)11-8-17-12(14)10-5-3-2-4-9(10)11/h2-5,8,15H,6-7H2,1H3,(H2,14,17)(H,16,18). The van der Waals surface area contributed by atoms with Gasteiger partial charge in [-0.1, -0.05) is 24.3 Å². The van der Waals surface area contributed by atoms with Crippen LogP contribution < -0.4 is 15.8 Å². The highest BCUT2D eigenvalue weighted by Crippen LogP contribution is 2.22. The number of nitrogens with two attached hydrogens (primary N) is 1. The summed E-state index contributed by atoms with van der Waals surface area (Å²) in [5.41, 5.74) is 6.13. The number of carbonyl (C=O) groups excluding carboxylic acids is 1. The molecular weight excluding hydrogens is 292 g/mol. The Morgan fingerprint density at radius 1 is 1.29 bits per heavy atom. The van der Waals surface area contributed by atoms with E-state index in [2.05, 4.69) is 15.0 Å². The molecule has 1 amide bonds. The summed E-state index contributed by atoms with van der Waals surface area (Å²) in [4.78, 5) is 16.1. The molecule has 1 aromatic carbocycles. The topological polar surface area (TPSA) is 114 Å². The summed E-state index contributed by atoms with van der Waals surface area (Å²) in [5.74, 6) is -0.222. The van der Waals surface area contributed by atoms with E-state index in [9.17, 15) is 13.2 Å². The van der Waals surface area contributed by atoms with E-state index in [1.165, 1.54) is 13.2 Å². The molecule has 8 heteroatoms. The Labute approximate surface area is 122 Å². The van der Waals surface area contributed by atoms with Gasteiger partial charge in [0, 0.05) is 18.1 Å². The molecule has 0 aliphatic rings. The third kappa shape index (κ3) is 3.47. The van der Waals surface area contributed by atoms with Crippen LogP contribution in [-0.4, -0.2) is 38.7 Å². The minimum Gasteiger partial charge on any atom is -0.383 e. The number of hydrogen-bond donors (Lipinski definition) is 3. The first-order valence-electron chi connectivity index (χ1n) is 6.27. The lowest BCUT2D eigenvalue weighted by Crippen LogP contribution is -2.33. The number of carbonyl (C=O) groups is 1. The lowest BCUT2D eigenvalue weighted by molar-refractivity contribution is 0.0957. The van der Waals surface area contributed by atoms with Crippen molar-refractivity contribution < 1.29 is 13.2 Å². The third-order valence-corrected chi connectivity index (χ3v) is 4.40. The molecule has 1 aromatic heterocycles. The number of fused-ring (bicyclic) bond motifs is 1. The summed E-state index contributed by atoms with van der Waals surface area (Å²) in [6.07, 6.45) is 1.39. The van der Waals surface area contributed by atoms with Gasteiger partial charge in [0.05, 0.1) is 11.3 Å². The van der Waals surface area contributed by atoms with Crippen LogP contribution in [0.25, 0.3) is 10.8 Å². The molecule has 4 N–H and O–H groups in total. The van der Waals surface area contributed by atoms with Crippen LogP contribution in [0.3, 0.4) is 0 Å². The van der Waals surface area contributed by atoms with E-state index in [0.717, 1.165) is 0 Å². The van der Waals surface area contributed by atoms with Gasteiger partial charge in [-0.2, -0.15) is 0 Å². The molecule has 0 aliphatic carbocycles. The number of benzene rings is 1. The van der Waals surface area contributed by atoms with Gasteiger partial charge in [0.15, 0.2) is 0 Å². The van der Waals surface area contributed by atoms with Crippen molar-refractivity contribution in [1.82, 2.24) is 15.0 Å². The predicted octanol–water partition coefficient (Wildman–Crippen LogP) is 0.0960. The Morgan fingerprint density at radius 2 is 1.95 bits per heavy atom. The zero-order valence-electron chi connectivity index (χ0n) is 11.5. The number of nitrogen functional groups attached to an aromatic ring is 1. The Hall–Kier alpha value is -2.19. The second-order valence-corrected chi connectivity index (χ2v) is 6.43. The number of nitrogens with one attached hydrogen (secondary N) is 2. The lowest BCUT2D eigenvalue weighted by atomic mass is 10.1. The van der Waals surface area contributed by atoms with E-state index in [1.807, 2.05) is 6.07 Å². The average Bonchev–Trinajstić information content (AvgIpc) is 2.47. The van der Waals surface area contributed by atoms with Crippen molar-refractivity contribution >= 4 is 32.5 Å². The summed E-state index contributed by atoms with van der Waals surface area (Å²) in [6.45, 7) is 0.0146. The van der Waals surface area contributed by atoms with Crippen molar-refractivity contribution in [1.29, 1.82) is 0 Å². The van der Waals surface area contributed by atoms with Crippen LogP contribution in [0.5, 0.6) is 0 Å². The average molecular weight is 308 g/mol. The minimum atomic E-state index is -3.35. The molecule has 0 bridgehead atoms. The fourth-order valence-corrected chi connectivity index (χ4v) is 2.47. The molecule has 0 aliphatic heterocycles. The summed E-state index contributed by atoms with van der Waals surface area (Å²) in [6, 6.07) is 7.15. The summed E-state index contributed by atoms with van der Waals surface area (Å²) >= 11 is 0. The third-order valence-electron chi connectivity index (χ3n) is 3.04. The SMILES string of the molecule is CNS(=O)(=O)CCNC(=O)c1cnc(N)c2ccccc12. The van der Waals surface area contributed by atoms with Crippen LogP contribution in [0.2, 0.25) is 0 Å². The van der Waals surface area contributed by atoms with E-state index >= 15 is 0 Å². The molecule has 1 heterocycles. The molecule has 112 valence electrons. The number of sulfonamides is 1. The lowest BCUT2D eigenvalue weighted by Gasteiger charge is -2.09. The quantitative estimate of drug-likeness (QED) is 0.724. The van der Waals surface area contributed by atoms with Gasteiger partial charge in [-0.05, 0) is 12.4 Å². The van der Waals surface area contributed by atoms with Crippen LogP contribution in [-0.2, 0) is 10.0 Å². The second kappa shape index (κ2) is 6.06. The van der Waals surface area contributed by atoms with Gasteiger partial charge in [0.25, 0.3) is 5.91 Å². The van der Waals surface area contributed by atoms with E-state index in [0.29, 0.717) is 22.2 Å². The smallest absolute Gasteiger partial charge is 0.253 e. The van der Waals surface area contributed by atoms with Crippen molar-refractivity contribution in [3.05, 3.63) is 36.0 Å². The number of nitrogens with zero attached hydrogens (tertiary/aromatic N) is 1. The van der Waals surface area contributed by atoms with E-state index in [4.69, 9.17) is 5.73 Å². The first-order chi connectivity index (χ1) is 9.94. The number of pyridine rings is 1. The molecule has 0 radical (unpaired) electrons. The van der Waals surface area contributed by atoms with Crippen LogP contribution >= 0.6 is 0 Å². The molecule has 0 unspecified atom stereocenters. The van der Waals surface area contributed by atoms with Crippen molar-refractivity contribution in [3.63, 3.8) is 0 Å². The van der Waals surface area contributed by atoms with Crippen molar-refractivity contribution in [2.24, 2.45) is 0 Å². The fraction of sp³-hybridized carbons (Fsp3) is 0.231. The van der Waals surface area contributed by atoms with E-state index < -0.39 is 10.0 Å². The molecule has 2 aromatic rings. The first kappa shape index (κ1) is 15.2. The molecule has 0 saturated heterocycles. The minimum absolute atomic E-state index is 0.0146. The van der Waals surface area contributed by atoms with Gasteiger partial charge >= 0.3 is 0 Å². The molecule has 2 rings (SSSR count). The molecule has 0 spiro atoms. The maximum absolute atomic E-state index is 12.1. The van der Waals surface area contributed by atoms with Crippen LogP contribution in [0.4, 0.5) is 5.82 Å². The fourth-order valence-electron chi connectivity index (χ4n) is 1.89. The van der Waals surface area contributed by atoms with Gasteiger partial charge in [-0.15, -0.1) is 0 Å². The van der Waals surface area contributed by atoms with Crippen molar-refractivity contribution in [2.45, 2.75) is 0 Å². The van der Waals surface area contributed by atoms with Gasteiger partial charge < -0.3 is 11.1 Å². The highest BCUT2D eigenvalue weighted by molar-refractivity contribution is 7.89. The maximum Gasteiger partial charge on any atom is 0.253 e. The van der Waals surface area contributed by atoms with E-state index in [1.54, 1.807) is 18.2 Å². The molecule has 0 saturated carbocycles. The largest absolute Gasteiger partial charge is 0.383 e. The molecule has 21 heavy (non-hydrogen) atoms. The van der Waals surface area contributed by atoms with Crippen LogP contribution in [0.15, 0.2) is 30.5 Å². The Kier molecular flexibility index (Phi) is 4.39.